The summed E-state index contributed by atoms with van der Waals surface area (Å²) in [6.07, 6.45) is 0.830. The van der Waals surface area contributed by atoms with Crippen LogP contribution in [-0.4, -0.2) is 41.5 Å². The lowest BCUT2D eigenvalue weighted by molar-refractivity contribution is -0.130. The number of nitrogens with zero attached hydrogens (tertiary/aromatic N) is 1. The molecular formula is C16H24N2O3. The summed E-state index contributed by atoms with van der Waals surface area (Å²) in [4.78, 5) is 24.8. The van der Waals surface area contributed by atoms with Gasteiger partial charge < -0.3 is 15.7 Å². The van der Waals surface area contributed by atoms with Gasteiger partial charge in [0.25, 0.3) is 0 Å². The van der Waals surface area contributed by atoms with E-state index in [1.807, 2.05) is 13.8 Å². The maximum Gasteiger partial charge on any atom is 0.335 e. The minimum absolute atomic E-state index is 0.0102. The van der Waals surface area contributed by atoms with E-state index in [1.54, 1.807) is 36.2 Å². The van der Waals surface area contributed by atoms with E-state index in [0.29, 0.717) is 19.4 Å². The molecule has 0 bridgehead atoms. The van der Waals surface area contributed by atoms with Crippen LogP contribution in [0, 0.1) is 5.92 Å². The Kier molecular flexibility index (Phi) is 6.37. The van der Waals surface area contributed by atoms with Crippen molar-refractivity contribution in [1.29, 1.82) is 0 Å². The monoisotopic (exact) mass is 292 g/mol. The van der Waals surface area contributed by atoms with Crippen LogP contribution in [0.2, 0.25) is 0 Å². The largest absolute Gasteiger partial charge is 0.478 e. The molecule has 1 unspecified atom stereocenters. The maximum atomic E-state index is 12.0. The molecule has 5 nitrogen and oxygen atoms in total. The summed E-state index contributed by atoms with van der Waals surface area (Å²) in [7, 11) is 1.72. The first-order valence-corrected chi connectivity index (χ1v) is 7.13. The highest BCUT2D eigenvalue weighted by molar-refractivity contribution is 5.89. The zero-order chi connectivity index (χ0) is 16.0. The zero-order valence-electron chi connectivity index (χ0n) is 12.9. The standard InChI is InChI=1S/C16H24N2O3/c1-11(2)14(17)10-15(19)18(3)9-8-12-6-4-5-7-13(12)16(20)21/h4-7,11,14H,8-10,17H2,1-3H3,(H,20,21). The van der Waals surface area contributed by atoms with Crippen LogP contribution >= 0.6 is 0 Å². The molecule has 0 spiro atoms. The second-order valence-electron chi connectivity index (χ2n) is 5.64. The highest BCUT2D eigenvalue weighted by Crippen LogP contribution is 2.11. The molecule has 1 aromatic rings. The van der Waals surface area contributed by atoms with Crippen LogP contribution in [0.1, 0.15) is 36.2 Å². The van der Waals surface area contributed by atoms with Crippen molar-refractivity contribution in [3.8, 4) is 0 Å². The van der Waals surface area contributed by atoms with Gasteiger partial charge in [-0.15, -0.1) is 0 Å². The average molecular weight is 292 g/mol. The highest BCUT2D eigenvalue weighted by Gasteiger charge is 2.17. The molecular weight excluding hydrogens is 268 g/mol. The predicted octanol–water partition coefficient (Wildman–Crippen LogP) is 1.76. The van der Waals surface area contributed by atoms with Crippen LogP contribution in [0.15, 0.2) is 24.3 Å². The van der Waals surface area contributed by atoms with E-state index in [1.165, 1.54) is 0 Å². The summed E-state index contributed by atoms with van der Waals surface area (Å²) < 4.78 is 0. The lowest BCUT2D eigenvalue weighted by Crippen LogP contribution is -2.36. The summed E-state index contributed by atoms with van der Waals surface area (Å²) in [5.74, 6) is -0.694. The normalized spacial score (nSPS) is 12.2. The summed E-state index contributed by atoms with van der Waals surface area (Å²) in [5, 5.41) is 9.12. The molecule has 0 aliphatic rings. The molecule has 0 aliphatic carbocycles. The number of aromatic carboxylic acids is 1. The van der Waals surface area contributed by atoms with Gasteiger partial charge in [-0.05, 0) is 24.0 Å². The van der Waals surface area contributed by atoms with Gasteiger partial charge in [0, 0.05) is 26.1 Å². The van der Waals surface area contributed by atoms with Crippen molar-refractivity contribution in [2.75, 3.05) is 13.6 Å². The van der Waals surface area contributed by atoms with E-state index in [2.05, 4.69) is 0 Å². The Balaban J connectivity index is 2.59. The van der Waals surface area contributed by atoms with Crippen molar-refractivity contribution in [2.24, 2.45) is 11.7 Å². The molecule has 5 heteroatoms. The van der Waals surface area contributed by atoms with Crippen LogP contribution in [-0.2, 0) is 11.2 Å². The second-order valence-corrected chi connectivity index (χ2v) is 5.64. The first kappa shape index (κ1) is 17.2. The quantitative estimate of drug-likeness (QED) is 0.802. The van der Waals surface area contributed by atoms with Gasteiger partial charge >= 0.3 is 5.97 Å². The molecule has 1 aromatic carbocycles. The summed E-state index contributed by atoms with van der Waals surface area (Å²) in [6.45, 7) is 4.45. The summed E-state index contributed by atoms with van der Waals surface area (Å²) in [6, 6.07) is 6.71. The number of hydrogen-bond donors (Lipinski definition) is 2. The Hall–Kier alpha value is -1.88. The predicted molar refractivity (Wildman–Crippen MR) is 82.2 cm³/mol. The molecule has 0 aromatic heterocycles. The summed E-state index contributed by atoms with van der Waals surface area (Å²) in [5.41, 5.74) is 6.92. The molecule has 21 heavy (non-hydrogen) atoms. The number of carbonyl (C=O) groups is 2. The number of carboxylic acid groups (broad SMARTS) is 1. The topological polar surface area (TPSA) is 83.6 Å². The number of hydrogen-bond acceptors (Lipinski definition) is 3. The Bertz CT molecular complexity index is 500. The van der Waals surface area contributed by atoms with Gasteiger partial charge in [-0.2, -0.15) is 0 Å². The number of nitrogens with two attached hydrogens (primary N) is 1. The molecule has 0 heterocycles. The fraction of sp³-hybridized carbons (Fsp3) is 0.500. The van der Waals surface area contributed by atoms with Gasteiger partial charge in [-0.3, -0.25) is 4.79 Å². The van der Waals surface area contributed by atoms with E-state index in [9.17, 15) is 9.59 Å². The Morgan fingerprint density at radius 3 is 2.48 bits per heavy atom. The smallest absolute Gasteiger partial charge is 0.335 e. The van der Waals surface area contributed by atoms with Crippen molar-refractivity contribution in [1.82, 2.24) is 4.90 Å². The number of rotatable bonds is 7. The number of carboxylic acids is 1. The van der Waals surface area contributed by atoms with Crippen molar-refractivity contribution >= 4 is 11.9 Å². The van der Waals surface area contributed by atoms with Crippen LogP contribution < -0.4 is 5.73 Å². The first-order chi connectivity index (χ1) is 9.82. The molecule has 116 valence electrons. The molecule has 0 aliphatic heterocycles. The maximum absolute atomic E-state index is 12.0. The Morgan fingerprint density at radius 2 is 1.90 bits per heavy atom. The highest BCUT2D eigenvalue weighted by atomic mass is 16.4. The van der Waals surface area contributed by atoms with Crippen molar-refractivity contribution in [2.45, 2.75) is 32.7 Å². The molecule has 3 N–H and O–H groups in total. The third kappa shape index (κ3) is 5.19. The molecule has 1 amide bonds. The fourth-order valence-electron chi connectivity index (χ4n) is 1.95. The average Bonchev–Trinajstić information content (AvgIpc) is 2.44. The van der Waals surface area contributed by atoms with Crippen LogP contribution in [0.4, 0.5) is 0 Å². The molecule has 1 rings (SSSR count). The van der Waals surface area contributed by atoms with Crippen molar-refractivity contribution < 1.29 is 14.7 Å². The van der Waals surface area contributed by atoms with Crippen molar-refractivity contribution in [3.05, 3.63) is 35.4 Å². The van der Waals surface area contributed by atoms with Crippen LogP contribution in [0.25, 0.3) is 0 Å². The Labute approximate surface area is 125 Å². The molecule has 0 saturated carbocycles. The van der Waals surface area contributed by atoms with Gasteiger partial charge in [0.2, 0.25) is 5.91 Å². The minimum Gasteiger partial charge on any atom is -0.478 e. The fourth-order valence-corrected chi connectivity index (χ4v) is 1.95. The van der Waals surface area contributed by atoms with Gasteiger partial charge in [-0.1, -0.05) is 32.0 Å². The third-order valence-corrected chi connectivity index (χ3v) is 3.66. The number of benzene rings is 1. The second kappa shape index (κ2) is 7.78. The van der Waals surface area contributed by atoms with Gasteiger partial charge in [0.05, 0.1) is 5.56 Å². The minimum atomic E-state index is -0.943. The first-order valence-electron chi connectivity index (χ1n) is 7.13. The van der Waals surface area contributed by atoms with E-state index >= 15 is 0 Å². The van der Waals surface area contributed by atoms with Crippen LogP contribution in [0.3, 0.4) is 0 Å². The van der Waals surface area contributed by atoms with Gasteiger partial charge in [0.15, 0.2) is 0 Å². The zero-order valence-corrected chi connectivity index (χ0v) is 12.9. The third-order valence-electron chi connectivity index (χ3n) is 3.66. The van der Waals surface area contributed by atoms with E-state index in [-0.39, 0.29) is 23.4 Å². The molecule has 1 atom stereocenters. The SMILES string of the molecule is CC(C)C(N)CC(=O)N(C)CCc1ccccc1C(=O)O. The molecule has 0 fully saturated rings. The Morgan fingerprint density at radius 1 is 1.29 bits per heavy atom. The molecule has 0 radical (unpaired) electrons. The van der Waals surface area contributed by atoms with Crippen molar-refractivity contribution in [3.63, 3.8) is 0 Å². The van der Waals surface area contributed by atoms with Crippen LogP contribution in [0.5, 0.6) is 0 Å². The summed E-state index contributed by atoms with van der Waals surface area (Å²) >= 11 is 0. The lowest BCUT2D eigenvalue weighted by Gasteiger charge is -2.21. The van der Waals surface area contributed by atoms with E-state index in [0.717, 1.165) is 5.56 Å². The van der Waals surface area contributed by atoms with E-state index < -0.39 is 5.97 Å². The number of likely N-dealkylation sites (N-methyl/N-ethyl adjacent to an activating group) is 1. The van der Waals surface area contributed by atoms with Gasteiger partial charge in [-0.25, -0.2) is 4.79 Å². The number of carbonyl (C=O) groups excluding carboxylic acids is 1. The number of amides is 1. The van der Waals surface area contributed by atoms with E-state index in [4.69, 9.17) is 10.8 Å². The lowest BCUT2D eigenvalue weighted by atomic mass is 10.0. The van der Waals surface area contributed by atoms with Gasteiger partial charge in [0.1, 0.15) is 0 Å². The molecule has 0 saturated heterocycles.